The standard InChI is InChI=1S/C18H20N2O4/c1-2-3-9-19-17(22)14-11-20(10-13-7-5-4-6-8-13)12-15(16(14)21)18(23)24/h4-8,11-12H,2-3,9-10H2,1H3,(H,19,22)(H,23,24). The van der Waals surface area contributed by atoms with Gasteiger partial charge in [-0.15, -0.1) is 0 Å². The van der Waals surface area contributed by atoms with Gasteiger partial charge < -0.3 is 15.0 Å². The van der Waals surface area contributed by atoms with Gasteiger partial charge in [-0.3, -0.25) is 9.59 Å². The van der Waals surface area contributed by atoms with E-state index in [1.54, 1.807) is 4.57 Å². The van der Waals surface area contributed by atoms with E-state index in [0.717, 1.165) is 18.4 Å². The predicted molar refractivity (Wildman–Crippen MR) is 90.4 cm³/mol. The molecule has 2 rings (SSSR count). The van der Waals surface area contributed by atoms with Gasteiger partial charge in [0.25, 0.3) is 5.91 Å². The molecule has 2 aromatic rings. The van der Waals surface area contributed by atoms with E-state index in [9.17, 15) is 19.5 Å². The summed E-state index contributed by atoms with van der Waals surface area (Å²) in [6, 6.07) is 9.39. The maximum Gasteiger partial charge on any atom is 0.341 e. The summed E-state index contributed by atoms with van der Waals surface area (Å²) < 4.78 is 1.55. The number of carbonyl (C=O) groups is 2. The van der Waals surface area contributed by atoms with Crippen LogP contribution in [0.2, 0.25) is 0 Å². The molecule has 0 radical (unpaired) electrons. The summed E-state index contributed by atoms with van der Waals surface area (Å²) >= 11 is 0. The summed E-state index contributed by atoms with van der Waals surface area (Å²) in [6.45, 7) is 2.81. The largest absolute Gasteiger partial charge is 0.477 e. The highest BCUT2D eigenvalue weighted by Crippen LogP contribution is 2.05. The molecule has 6 heteroatoms. The van der Waals surface area contributed by atoms with E-state index in [0.29, 0.717) is 13.1 Å². The summed E-state index contributed by atoms with van der Waals surface area (Å²) in [6.07, 6.45) is 4.37. The van der Waals surface area contributed by atoms with Crippen molar-refractivity contribution in [3.63, 3.8) is 0 Å². The van der Waals surface area contributed by atoms with E-state index in [1.165, 1.54) is 12.4 Å². The van der Waals surface area contributed by atoms with Crippen molar-refractivity contribution in [3.8, 4) is 0 Å². The van der Waals surface area contributed by atoms with Gasteiger partial charge in [0.1, 0.15) is 11.1 Å². The van der Waals surface area contributed by atoms with Gasteiger partial charge in [0.2, 0.25) is 5.43 Å². The first kappa shape index (κ1) is 17.5. The first-order chi connectivity index (χ1) is 11.5. The molecule has 1 amide bonds. The molecule has 24 heavy (non-hydrogen) atoms. The summed E-state index contributed by atoms with van der Waals surface area (Å²) in [5.74, 6) is -1.89. The van der Waals surface area contributed by atoms with Crippen LogP contribution < -0.4 is 10.7 Å². The number of amides is 1. The van der Waals surface area contributed by atoms with Gasteiger partial charge in [-0.05, 0) is 12.0 Å². The van der Waals surface area contributed by atoms with E-state index < -0.39 is 22.9 Å². The minimum absolute atomic E-state index is 0.151. The minimum Gasteiger partial charge on any atom is -0.477 e. The average Bonchev–Trinajstić information content (AvgIpc) is 2.57. The molecule has 0 fully saturated rings. The van der Waals surface area contributed by atoms with Crippen LogP contribution >= 0.6 is 0 Å². The zero-order valence-electron chi connectivity index (χ0n) is 13.5. The van der Waals surface area contributed by atoms with Crippen LogP contribution in [0.15, 0.2) is 47.5 Å². The number of pyridine rings is 1. The molecule has 0 spiro atoms. The SMILES string of the molecule is CCCCNC(=O)c1cn(Cc2ccccc2)cc(C(=O)O)c1=O. The third-order valence-corrected chi connectivity index (χ3v) is 3.58. The Labute approximate surface area is 139 Å². The second-order valence-electron chi connectivity index (χ2n) is 5.49. The van der Waals surface area contributed by atoms with Crippen LogP contribution in [-0.4, -0.2) is 28.1 Å². The van der Waals surface area contributed by atoms with E-state index in [1.807, 2.05) is 37.3 Å². The third-order valence-electron chi connectivity index (χ3n) is 3.58. The lowest BCUT2D eigenvalue weighted by Gasteiger charge is -2.11. The molecule has 0 aliphatic heterocycles. The number of benzene rings is 1. The summed E-state index contributed by atoms with van der Waals surface area (Å²) in [5.41, 5.74) is -0.383. The van der Waals surface area contributed by atoms with Crippen molar-refractivity contribution < 1.29 is 14.7 Å². The second kappa shape index (κ2) is 8.10. The molecular weight excluding hydrogens is 308 g/mol. The Kier molecular flexibility index (Phi) is 5.89. The fraction of sp³-hybridized carbons (Fsp3) is 0.278. The number of rotatable bonds is 7. The van der Waals surface area contributed by atoms with Crippen molar-refractivity contribution in [2.75, 3.05) is 6.54 Å². The molecule has 0 aliphatic rings. The fourth-order valence-corrected chi connectivity index (χ4v) is 2.30. The number of hydrogen-bond acceptors (Lipinski definition) is 3. The predicted octanol–water partition coefficient (Wildman–Crippen LogP) is 2.12. The van der Waals surface area contributed by atoms with Crippen molar-refractivity contribution in [3.05, 3.63) is 69.6 Å². The Morgan fingerprint density at radius 3 is 2.42 bits per heavy atom. The summed E-state index contributed by atoms with van der Waals surface area (Å²) in [5, 5.41) is 11.9. The number of carbonyl (C=O) groups excluding carboxylic acids is 1. The van der Waals surface area contributed by atoms with Crippen LogP contribution in [0.1, 0.15) is 46.0 Å². The molecule has 0 unspecified atom stereocenters. The molecule has 0 aliphatic carbocycles. The van der Waals surface area contributed by atoms with E-state index in [4.69, 9.17) is 0 Å². The van der Waals surface area contributed by atoms with Gasteiger partial charge in [-0.1, -0.05) is 43.7 Å². The highest BCUT2D eigenvalue weighted by molar-refractivity contribution is 5.96. The first-order valence-corrected chi connectivity index (χ1v) is 7.82. The molecule has 1 heterocycles. The van der Waals surface area contributed by atoms with Crippen molar-refractivity contribution in [2.24, 2.45) is 0 Å². The maximum atomic E-state index is 12.2. The Morgan fingerprint density at radius 1 is 1.12 bits per heavy atom. The van der Waals surface area contributed by atoms with Gasteiger partial charge in [0, 0.05) is 25.5 Å². The van der Waals surface area contributed by atoms with E-state index in [-0.39, 0.29) is 5.56 Å². The Morgan fingerprint density at radius 2 is 1.79 bits per heavy atom. The topological polar surface area (TPSA) is 88.4 Å². The summed E-state index contributed by atoms with van der Waals surface area (Å²) in [4.78, 5) is 35.8. The van der Waals surface area contributed by atoms with Crippen LogP contribution in [0.3, 0.4) is 0 Å². The lowest BCUT2D eigenvalue weighted by Crippen LogP contribution is -2.32. The van der Waals surface area contributed by atoms with Crippen LogP contribution in [-0.2, 0) is 6.54 Å². The highest BCUT2D eigenvalue weighted by Gasteiger charge is 2.18. The van der Waals surface area contributed by atoms with E-state index >= 15 is 0 Å². The molecule has 1 aromatic heterocycles. The Hall–Kier alpha value is -2.89. The van der Waals surface area contributed by atoms with Gasteiger partial charge in [0.15, 0.2) is 0 Å². The molecular formula is C18H20N2O4. The van der Waals surface area contributed by atoms with E-state index in [2.05, 4.69) is 5.32 Å². The van der Waals surface area contributed by atoms with Crippen LogP contribution in [0.5, 0.6) is 0 Å². The van der Waals surface area contributed by atoms with Crippen molar-refractivity contribution >= 4 is 11.9 Å². The van der Waals surface area contributed by atoms with Gasteiger partial charge in [-0.25, -0.2) is 4.79 Å². The fourth-order valence-electron chi connectivity index (χ4n) is 2.30. The quantitative estimate of drug-likeness (QED) is 0.762. The normalized spacial score (nSPS) is 10.4. The van der Waals surface area contributed by atoms with Crippen molar-refractivity contribution in [1.29, 1.82) is 0 Å². The highest BCUT2D eigenvalue weighted by atomic mass is 16.4. The second-order valence-corrected chi connectivity index (χ2v) is 5.49. The molecule has 0 atom stereocenters. The Bertz CT molecular complexity index is 781. The monoisotopic (exact) mass is 328 g/mol. The third kappa shape index (κ3) is 4.32. The number of carboxylic acids is 1. The molecule has 0 saturated heterocycles. The molecule has 0 bridgehead atoms. The Balaban J connectivity index is 2.37. The molecule has 2 N–H and O–H groups in total. The van der Waals surface area contributed by atoms with Crippen LogP contribution in [0.25, 0.3) is 0 Å². The zero-order valence-corrected chi connectivity index (χ0v) is 13.5. The van der Waals surface area contributed by atoms with Crippen molar-refractivity contribution in [2.45, 2.75) is 26.3 Å². The average molecular weight is 328 g/mol. The molecule has 0 saturated carbocycles. The number of unbranched alkanes of at least 4 members (excludes halogenated alkanes) is 1. The van der Waals surface area contributed by atoms with Crippen LogP contribution in [0.4, 0.5) is 0 Å². The lowest BCUT2D eigenvalue weighted by molar-refractivity contribution is 0.0694. The maximum absolute atomic E-state index is 12.2. The molecule has 126 valence electrons. The number of nitrogens with zero attached hydrogens (tertiary/aromatic N) is 1. The number of aromatic carboxylic acids is 1. The smallest absolute Gasteiger partial charge is 0.341 e. The number of carboxylic acid groups (broad SMARTS) is 1. The number of aromatic nitrogens is 1. The lowest BCUT2D eigenvalue weighted by atomic mass is 10.1. The number of nitrogens with one attached hydrogen (secondary N) is 1. The van der Waals surface area contributed by atoms with Gasteiger partial charge >= 0.3 is 5.97 Å². The van der Waals surface area contributed by atoms with Crippen LogP contribution in [0, 0.1) is 0 Å². The number of hydrogen-bond donors (Lipinski definition) is 2. The summed E-state index contributed by atoms with van der Waals surface area (Å²) in [7, 11) is 0. The molecule has 1 aromatic carbocycles. The molecule has 6 nitrogen and oxygen atoms in total. The first-order valence-electron chi connectivity index (χ1n) is 7.82. The zero-order chi connectivity index (χ0) is 17.5. The van der Waals surface area contributed by atoms with Gasteiger partial charge in [0.05, 0.1) is 0 Å². The van der Waals surface area contributed by atoms with Gasteiger partial charge in [-0.2, -0.15) is 0 Å². The minimum atomic E-state index is -1.34. The van der Waals surface area contributed by atoms with Crippen molar-refractivity contribution in [1.82, 2.24) is 9.88 Å².